The van der Waals surface area contributed by atoms with Crippen LogP contribution in [0.4, 0.5) is 15.0 Å². The summed E-state index contributed by atoms with van der Waals surface area (Å²) >= 11 is 0. The van der Waals surface area contributed by atoms with E-state index in [4.69, 9.17) is 4.74 Å². The van der Waals surface area contributed by atoms with Gasteiger partial charge in [0.2, 0.25) is 17.7 Å². The van der Waals surface area contributed by atoms with Crippen molar-refractivity contribution in [3.8, 4) is 6.07 Å². The summed E-state index contributed by atoms with van der Waals surface area (Å²) in [5.41, 5.74) is -1.22. The van der Waals surface area contributed by atoms with Gasteiger partial charge in [-0.3, -0.25) is 14.4 Å². The number of carbonyl (C=O) groups is 4. The van der Waals surface area contributed by atoms with Crippen molar-refractivity contribution in [2.45, 2.75) is 69.7 Å². The number of ether oxygens (including phenoxy) is 1. The first-order chi connectivity index (χ1) is 19.4. The normalized spacial score (nSPS) is 35.6. The molecule has 9 atom stereocenters. The number of nitrogens with one attached hydrogen (secondary N) is 2. The Balaban J connectivity index is 1.37. The third kappa shape index (κ3) is 3.99. The van der Waals surface area contributed by atoms with E-state index in [2.05, 4.69) is 21.7 Å². The smallest absolute Gasteiger partial charge is 0.407 e. The van der Waals surface area contributed by atoms with Crippen LogP contribution in [0.2, 0.25) is 0 Å². The summed E-state index contributed by atoms with van der Waals surface area (Å²) in [6.07, 6.45) is 0.911. The summed E-state index contributed by atoms with van der Waals surface area (Å²) in [5.74, 6) is -1.57. The van der Waals surface area contributed by atoms with Crippen LogP contribution >= 0.6 is 0 Å². The molecule has 12 heteroatoms. The van der Waals surface area contributed by atoms with Crippen molar-refractivity contribution >= 4 is 29.6 Å². The van der Waals surface area contributed by atoms with Gasteiger partial charge in [0.05, 0.1) is 18.6 Å². The summed E-state index contributed by atoms with van der Waals surface area (Å²) in [6.45, 7) is 5.65. The molecule has 5 aliphatic rings. The van der Waals surface area contributed by atoms with Gasteiger partial charge in [-0.15, -0.1) is 0 Å². The number of likely N-dealkylation sites (tertiary alicyclic amines) is 2. The van der Waals surface area contributed by atoms with Gasteiger partial charge in [0.25, 0.3) is 0 Å². The quantitative estimate of drug-likeness (QED) is 0.569. The maximum absolute atomic E-state index is 15.2. The number of alkyl carbamates (subject to hydrolysis) is 1. The standard InChI is InChI=1S/C29H35FN6O5/c1-28(2,3)22(33-27(40)41-4)25(38)35-12-17-14-8-16(19(30)9-14)20(17)21(35)24(37)36-13-29(10-15(36)11-31)18-6-5-7-32-23(18)34-26(29)39/h5-7,14-17,19-22H,8-10,12-13H2,1-4H3,(H,33,40)(H,32,34,39)/t14-,15-,16+,17+,19+,20-,21-,22+,29+/m0/s1. The largest absolute Gasteiger partial charge is 0.453 e. The molecule has 4 heterocycles. The lowest BCUT2D eigenvalue weighted by molar-refractivity contribution is -0.148. The van der Waals surface area contributed by atoms with Gasteiger partial charge in [-0.2, -0.15) is 5.26 Å². The summed E-state index contributed by atoms with van der Waals surface area (Å²) in [7, 11) is 1.21. The molecule has 41 heavy (non-hydrogen) atoms. The zero-order valence-corrected chi connectivity index (χ0v) is 23.6. The number of methoxy groups -OCH3 is 1. The SMILES string of the molecule is COC(=O)N[C@H](C(=O)N1C[C@@H]2[C@H]3C[C@@H]([C@@H]2[C@H]1C(=O)N1C[C@@]2(C[C@H]1C#N)C(=O)Nc1ncccc12)[C@H](F)C3)C(C)(C)C. The molecule has 1 aromatic heterocycles. The first kappa shape index (κ1) is 27.4. The van der Waals surface area contributed by atoms with E-state index < -0.39 is 59.0 Å². The Kier molecular flexibility index (Phi) is 6.28. The lowest BCUT2D eigenvalue weighted by Gasteiger charge is -2.38. The highest BCUT2D eigenvalue weighted by molar-refractivity contribution is 6.06. The molecule has 4 fully saturated rings. The lowest BCUT2D eigenvalue weighted by atomic mass is 9.77. The molecule has 2 saturated carbocycles. The van der Waals surface area contributed by atoms with Crippen molar-refractivity contribution in [3.63, 3.8) is 0 Å². The molecule has 4 amide bonds. The predicted octanol–water partition coefficient (Wildman–Crippen LogP) is 1.99. The molecule has 11 nitrogen and oxygen atoms in total. The van der Waals surface area contributed by atoms with E-state index in [9.17, 15) is 24.4 Å². The highest BCUT2D eigenvalue weighted by Crippen LogP contribution is 2.59. The summed E-state index contributed by atoms with van der Waals surface area (Å²) in [6, 6.07) is 2.77. The van der Waals surface area contributed by atoms with E-state index in [1.54, 1.807) is 39.1 Å². The molecule has 0 aromatic carbocycles. The van der Waals surface area contributed by atoms with Crippen LogP contribution in [0.1, 0.15) is 45.6 Å². The molecular weight excluding hydrogens is 531 g/mol. The van der Waals surface area contributed by atoms with Crippen molar-refractivity contribution < 1.29 is 28.3 Å². The average Bonchev–Trinajstić information content (AvgIpc) is 3.72. The molecular formula is C29H35FN6O5. The van der Waals surface area contributed by atoms with Crippen molar-refractivity contribution in [2.75, 3.05) is 25.5 Å². The van der Waals surface area contributed by atoms with Crippen LogP contribution in [0.25, 0.3) is 0 Å². The number of hydrogen-bond donors (Lipinski definition) is 2. The number of hydrogen-bond acceptors (Lipinski definition) is 7. The van der Waals surface area contributed by atoms with Crippen molar-refractivity contribution in [2.24, 2.45) is 29.1 Å². The van der Waals surface area contributed by atoms with Gasteiger partial charge in [-0.25, -0.2) is 14.2 Å². The number of halogens is 1. The lowest BCUT2D eigenvalue weighted by Crippen LogP contribution is -2.59. The Hall–Kier alpha value is -3.75. The van der Waals surface area contributed by atoms with Crippen LogP contribution in [0.15, 0.2) is 18.3 Å². The second-order valence-corrected chi connectivity index (χ2v) is 13.3. The van der Waals surface area contributed by atoms with Crippen LogP contribution in [0, 0.1) is 40.4 Å². The zero-order valence-electron chi connectivity index (χ0n) is 23.6. The Morgan fingerprint density at radius 3 is 2.71 bits per heavy atom. The highest BCUT2D eigenvalue weighted by Gasteiger charge is 2.65. The third-order valence-electron chi connectivity index (χ3n) is 10.1. The fourth-order valence-corrected chi connectivity index (χ4v) is 8.26. The molecule has 2 N–H and O–H groups in total. The number of alkyl halides is 1. The van der Waals surface area contributed by atoms with Crippen molar-refractivity contribution in [1.29, 1.82) is 5.26 Å². The average molecular weight is 567 g/mol. The summed E-state index contributed by atoms with van der Waals surface area (Å²) < 4.78 is 19.9. The number of anilines is 1. The monoisotopic (exact) mass is 566 g/mol. The molecule has 6 rings (SSSR count). The minimum absolute atomic E-state index is 0.0409. The molecule has 0 radical (unpaired) electrons. The second kappa shape index (κ2) is 9.39. The van der Waals surface area contributed by atoms with E-state index in [0.717, 1.165) is 0 Å². The Bertz CT molecular complexity index is 1360. The van der Waals surface area contributed by atoms with Gasteiger partial charge in [-0.05, 0) is 48.0 Å². The van der Waals surface area contributed by atoms with Crippen molar-refractivity contribution in [3.05, 3.63) is 23.9 Å². The molecule has 3 aliphatic heterocycles. The molecule has 2 bridgehead atoms. The molecule has 0 unspecified atom stereocenters. The molecule has 218 valence electrons. The van der Waals surface area contributed by atoms with Gasteiger partial charge < -0.3 is 25.2 Å². The minimum atomic E-state index is -1.13. The fourth-order valence-electron chi connectivity index (χ4n) is 8.26. The second-order valence-electron chi connectivity index (χ2n) is 13.3. The summed E-state index contributed by atoms with van der Waals surface area (Å²) in [5, 5.41) is 15.6. The van der Waals surface area contributed by atoms with Gasteiger partial charge in [-0.1, -0.05) is 26.8 Å². The van der Waals surface area contributed by atoms with E-state index in [1.807, 2.05) is 0 Å². The van der Waals surface area contributed by atoms with E-state index in [-0.39, 0.29) is 43.2 Å². The number of nitrogens with zero attached hydrogens (tertiary/aromatic N) is 4. The van der Waals surface area contributed by atoms with E-state index in [1.165, 1.54) is 16.9 Å². The number of pyridine rings is 1. The van der Waals surface area contributed by atoms with Gasteiger partial charge in [0, 0.05) is 31.3 Å². The van der Waals surface area contributed by atoms with Crippen LogP contribution in [0.5, 0.6) is 0 Å². The zero-order chi connectivity index (χ0) is 29.4. The number of aromatic nitrogens is 1. The topological polar surface area (TPSA) is 145 Å². The first-order valence-electron chi connectivity index (χ1n) is 14.2. The van der Waals surface area contributed by atoms with E-state index >= 15 is 4.39 Å². The maximum Gasteiger partial charge on any atom is 0.407 e. The maximum atomic E-state index is 15.2. The highest BCUT2D eigenvalue weighted by atomic mass is 19.1. The van der Waals surface area contributed by atoms with Gasteiger partial charge in [0.1, 0.15) is 30.1 Å². The van der Waals surface area contributed by atoms with Gasteiger partial charge >= 0.3 is 6.09 Å². The Labute approximate surface area is 237 Å². The molecule has 1 spiro atoms. The fraction of sp³-hybridized carbons (Fsp3) is 0.655. The number of nitriles is 1. The van der Waals surface area contributed by atoms with Crippen LogP contribution < -0.4 is 10.6 Å². The molecule has 1 aromatic rings. The molecule has 2 saturated heterocycles. The summed E-state index contributed by atoms with van der Waals surface area (Å²) in [4.78, 5) is 61.4. The first-order valence-corrected chi connectivity index (χ1v) is 14.2. The third-order valence-corrected chi connectivity index (χ3v) is 10.1. The van der Waals surface area contributed by atoms with E-state index in [0.29, 0.717) is 24.2 Å². The minimum Gasteiger partial charge on any atom is -0.453 e. The Morgan fingerprint density at radius 2 is 2.02 bits per heavy atom. The number of fused-ring (bicyclic) bond motifs is 7. The number of carbonyl (C=O) groups excluding carboxylic acids is 4. The number of rotatable bonds is 3. The van der Waals surface area contributed by atoms with Crippen LogP contribution in [-0.4, -0.2) is 83.1 Å². The van der Waals surface area contributed by atoms with Crippen LogP contribution in [0.3, 0.4) is 0 Å². The van der Waals surface area contributed by atoms with Gasteiger partial charge in [0.15, 0.2) is 0 Å². The Morgan fingerprint density at radius 1 is 1.27 bits per heavy atom. The number of amides is 4. The molecule has 2 aliphatic carbocycles. The predicted molar refractivity (Wildman–Crippen MR) is 143 cm³/mol. The van der Waals surface area contributed by atoms with Crippen molar-refractivity contribution in [1.82, 2.24) is 20.1 Å². The van der Waals surface area contributed by atoms with Crippen LogP contribution in [-0.2, 0) is 24.5 Å².